The van der Waals surface area contributed by atoms with Gasteiger partial charge in [-0.15, -0.1) is 0 Å². The molecule has 2 atom stereocenters. The monoisotopic (exact) mass is 1320 g/mol. The van der Waals surface area contributed by atoms with Gasteiger partial charge in [0.25, 0.3) is 0 Å². The van der Waals surface area contributed by atoms with Crippen molar-refractivity contribution in [2.24, 2.45) is 0 Å². The Labute approximate surface area is 463 Å². The summed E-state index contributed by atoms with van der Waals surface area (Å²) < 4.78 is 28.3. The molecule has 0 aliphatic heterocycles. The van der Waals surface area contributed by atoms with E-state index in [1.165, 1.54) is 193 Å². The van der Waals surface area contributed by atoms with Crippen molar-refractivity contribution >= 4 is 95.6 Å². The van der Waals surface area contributed by atoms with Crippen LogP contribution in [0.15, 0.2) is 42.2 Å². The van der Waals surface area contributed by atoms with E-state index in [0.717, 1.165) is 66.6 Å². The zero-order valence-corrected chi connectivity index (χ0v) is 52.3. The van der Waals surface area contributed by atoms with E-state index in [4.69, 9.17) is 18.9 Å². The molecule has 10 heteroatoms. The van der Waals surface area contributed by atoms with Gasteiger partial charge in [0.05, 0.1) is 40.8 Å². The highest BCUT2D eigenvalue weighted by atomic mass is 79.9. The molecule has 0 bridgehead atoms. The Morgan fingerprint density at radius 3 is 0.821 bits per heavy atom. The van der Waals surface area contributed by atoms with E-state index in [-0.39, 0.29) is 15.1 Å². The van der Waals surface area contributed by atoms with Crippen molar-refractivity contribution in [3.05, 3.63) is 53.3 Å². The lowest BCUT2D eigenvalue weighted by atomic mass is 9.78. The van der Waals surface area contributed by atoms with Gasteiger partial charge in [-0.25, -0.2) is 0 Å². The Kier molecular flexibility index (Phi) is 40.3. The summed E-state index contributed by atoms with van der Waals surface area (Å²) in [5, 5.41) is 0. The van der Waals surface area contributed by atoms with Crippen LogP contribution in [0.2, 0.25) is 0 Å². The van der Waals surface area contributed by atoms with E-state index in [1.807, 2.05) is 0 Å². The maximum atomic E-state index is 6.31. The van der Waals surface area contributed by atoms with Crippen LogP contribution in [0.25, 0.3) is 0 Å². The van der Waals surface area contributed by atoms with Crippen molar-refractivity contribution in [1.82, 2.24) is 0 Å². The zero-order valence-electron chi connectivity index (χ0n) is 42.7. The molecule has 2 aromatic carbocycles. The van der Waals surface area contributed by atoms with Crippen LogP contribution in [0.1, 0.15) is 244 Å². The van der Waals surface area contributed by atoms with Crippen LogP contribution in [0, 0.1) is 0 Å². The Bertz CT molecular complexity index is 1340. The Morgan fingerprint density at radius 1 is 0.358 bits per heavy atom. The smallest absolute Gasteiger partial charge is 0.147 e. The van der Waals surface area contributed by atoms with E-state index >= 15 is 0 Å². The lowest BCUT2D eigenvalue weighted by Gasteiger charge is -2.28. The fourth-order valence-corrected chi connectivity index (χ4v) is 12.1. The van der Waals surface area contributed by atoms with Gasteiger partial charge >= 0.3 is 0 Å². The van der Waals surface area contributed by atoms with Crippen LogP contribution in [0.4, 0.5) is 0 Å². The topological polar surface area (TPSA) is 36.9 Å². The minimum absolute atomic E-state index is 0.111. The average Bonchev–Trinajstić information content (AvgIpc) is 3.30. The van der Waals surface area contributed by atoms with Crippen molar-refractivity contribution in [3.63, 3.8) is 0 Å². The third kappa shape index (κ3) is 31.2. The van der Waals surface area contributed by atoms with Crippen molar-refractivity contribution < 1.29 is 18.9 Å². The molecule has 0 aliphatic rings. The average molecular weight is 1320 g/mol. The minimum Gasteiger partial charge on any atom is -0.490 e. The van der Waals surface area contributed by atoms with Gasteiger partial charge in [0.2, 0.25) is 0 Å². The molecule has 0 fully saturated rings. The second kappa shape index (κ2) is 42.2. The normalized spacial score (nSPS) is 12.8. The molecule has 0 amide bonds. The van der Waals surface area contributed by atoms with Gasteiger partial charge in [0.15, 0.2) is 0 Å². The molecule has 388 valence electrons. The number of alkyl halides is 2. The van der Waals surface area contributed by atoms with Gasteiger partial charge in [-0.3, -0.25) is 0 Å². The number of benzene rings is 2. The first-order valence-corrected chi connectivity index (χ1v) is 32.2. The number of ether oxygens (including phenoxy) is 4. The van der Waals surface area contributed by atoms with Gasteiger partial charge in [-0.1, -0.05) is 252 Å². The number of unbranched alkanes of at least 4 members (excludes halogenated alkanes) is 30. The molecule has 2 rings (SSSR count). The highest BCUT2D eigenvalue weighted by Gasteiger charge is 2.28. The number of hydrogen-bond donors (Lipinski definition) is 0. The van der Waals surface area contributed by atoms with Crippen LogP contribution < -0.4 is 9.47 Å². The molecule has 0 aliphatic carbocycles. The first-order chi connectivity index (χ1) is 32.5. The molecule has 0 saturated heterocycles. The number of halogens is 6. The maximum Gasteiger partial charge on any atom is 0.147 e. The molecule has 0 saturated carbocycles. The lowest BCUT2D eigenvalue weighted by Crippen LogP contribution is -2.21. The zero-order chi connectivity index (χ0) is 48.8. The number of rotatable bonds is 46. The van der Waals surface area contributed by atoms with Crippen molar-refractivity contribution in [2.45, 2.75) is 248 Å². The maximum absolute atomic E-state index is 6.31. The van der Waals surface area contributed by atoms with Gasteiger partial charge in [0.1, 0.15) is 24.7 Å². The largest absolute Gasteiger partial charge is 0.490 e. The first kappa shape index (κ1) is 64.0. The molecule has 0 spiro atoms. The fraction of sp³-hybridized carbons (Fsp3) is 0.789. The van der Waals surface area contributed by atoms with Crippen LogP contribution in [0.3, 0.4) is 0 Å². The van der Waals surface area contributed by atoms with E-state index in [1.54, 1.807) is 0 Å². The number of hydrogen-bond acceptors (Lipinski definition) is 4. The standard InChI is InChI=1S/C57H94Br6O4/c1-5-7-9-11-13-15-17-19-21-23-25-27-29-31-33-35-37-64-43-49(58)45-66-55-51(60)39-47(40-52(55)61)57(3,4)48-41-53(62)56(54(63)42-48)67-46-50(59)44-65-38-36-34-32-30-28-26-24-22-20-18-16-14-12-10-8-6-2/h39-42,49-50H,5-38,43-46H2,1-4H3. The molecular weight excluding hydrogens is 1230 g/mol. The van der Waals surface area contributed by atoms with E-state index in [9.17, 15) is 0 Å². The second-order valence-electron chi connectivity index (χ2n) is 19.7. The summed E-state index contributed by atoms with van der Waals surface area (Å²) in [5.41, 5.74) is 2.01. The quantitative estimate of drug-likeness (QED) is 0.0489. The van der Waals surface area contributed by atoms with E-state index < -0.39 is 0 Å². The van der Waals surface area contributed by atoms with E-state index in [2.05, 4.69) is 148 Å². The minimum atomic E-state index is -0.302. The van der Waals surface area contributed by atoms with Crippen LogP contribution >= 0.6 is 95.6 Å². The Morgan fingerprint density at radius 2 is 0.582 bits per heavy atom. The molecule has 2 unspecified atom stereocenters. The highest BCUT2D eigenvalue weighted by Crippen LogP contribution is 2.44. The third-order valence-electron chi connectivity index (χ3n) is 13.1. The second-order valence-corrected chi connectivity index (χ2v) is 25.7. The SMILES string of the molecule is CCCCCCCCCCCCCCCCCCOCC(Br)COc1c(Br)cc(C(C)(C)c2cc(Br)c(OCC(Br)COCCCCCCCCCCCCCCCCCC)c(Br)c2)cc1Br. The molecule has 0 aromatic heterocycles. The molecule has 0 N–H and O–H groups in total. The Balaban J connectivity index is 1.59. The summed E-state index contributed by atoms with van der Waals surface area (Å²) in [6.07, 6.45) is 44.2. The van der Waals surface area contributed by atoms with Crippen molar-refractivity contribution in [2.75, 3.05) is 39.6 Å². The summed E-state index contributed by atoms with van der Waals surface area (Å²) in [7, 11) is 0. The van der Waals surface area contributed by atoms with Crippen LogP contribution in [-0.2, 0) is 14.9 Å². The summed E-state index contributed by atoms with van der Waals surface area (Å²) in [4.78, 5) is 0.222. The molecule has 0 heterocycles. The molecule has 0 radical (unpaired) electrons. The van der Waals surface area contributed by atoms with Crippen LogP contribution in [-0.4, -0.2) is 49.3 Å². The van der Waals surface area contributed by atoms with Gasteiger partial charge in [-0.2, -0.15) is 0 Å². The van der Waals surface area contributed by atoms with Crippen LogP contribution in [0.5, 0.6) is 11.5 Å². The predicted molar refractivity (Wildman–Crippen MR) is 313 cm³/mol. The van der Waals surface area contributed by atoms with Gasteiger partial charge in [0, 0.05) is 18.6 Å². The van der Waals surface area contributed by atoms with Gasteiger partial charge < -0.3 is 18.9 Å². The van der Waals surface area contributed by atoms with Crippen molar-refractivity contribution in [3.8, 4) is 11.5 Å². The lowest BCUT2D eigenvalue weighted by molar-refractivity contribution is 0.121. The summed E-state index contributed by atoms with van der Waals surface area (Å²) in [5.74, 6) is 1.59. The summed E-state index contributed by atoms with van der Waals surface area (Å²) >= 11 is 22.8. The highest BCUT2D eigenvalue weighted by molar-refractivity contribution is 9.11. The molecule has 67 heavy (non-hydrogen) atoms. The molecular formula is C57H94Br6O4. The molecule has 4 nitrogen and oxygen atoms in total. The first-order valence-electron chi connectivity index (χ1n) is 27.2. The summed E-state index contributed by atoms with van der Waals surface area (Å²) in [6.45, 7) is 13.0. The van der Waals surface area contributed by atoms with E-state index in [0.29, 0.717) is 26.4 Å². The fourth-order valence-electron chi connectivity index (χ4n) is 8.65. The third-order valence-corrected chi connectivity index (χ3v) is 16.6. The molecule has 2 aromatic rings. The Hall–Kier alpha value is 0.840. The predicted octanol–water partition coefficient (Wildman–Crippen LogP) is 21.9. The summed E-state index contributed by atoms with van der Waals surface area (Å²) in [6, 6.07) is 8.66. The van der Waals surface area contributed by atoms with Gasteiger partial charge in [-0.05, 0) is 112 Å². The van der Waals surface area contributed by atoms with Crippen molar-refractivity contribution in [1.29, 1.82) is 0 Å².